The van der Waals surface area contributed by atoms with Crippen molar-refractivity contribution in [2.75, 3.05) is 11.6 Å². The minimum absolute atomic E-state index is 0.0403. The highest BCUT2D eigenvalue weighted by Gasteiger charge is 2.11. The van der Waals surface area contributed by atoms with E-state index in [1.807, 2.05) is 24.5 Å². The van der Waals surface area contributed by atoms with Crippen LogP contribution in [0.1, 0.15) is 15.9 Å². The number of carbonyl (C=O) groups excluding carboxylic acids is 1. The third-order valence-corrected chi connectivity index (χ3v) is 4.45. The fourth-order valence-corrected chi connectivity index (χ4v) is 3.00. The third-order valence-electron chi connectivity index (χ3n) is 2.92. The average Bonchev–Trinajstić information content (AvgIpc) is 2.47. The van der Waals surface area contributed by atoms with Crippen molar-refractivity contribution in [1.82, 2.24) is 0 Å². The van der Waals surface area contributed by atoms with Crippen molar-refractivity contribution in [3.05, 3.63) is 59.7 Å². The van der Waals surface area contributed by atoms with Crippen LogP contribution >= 0.6 is 11.8 Å². The number of carbonyl (C=O) groups is 1. The second-order valence-electron chi connectivity index (χ2n) is 4.66. The highest BCUT2D eigenvalue weighted by Crippen LogP contribution is 2.16. The summed E-state index contributed by atoms with van der Waals surface area (Å²) in [6.45, 7) is 0. The Kier molecular flexibility index (Phi) is 5.23. The van der Waals surface area contributed by atoms with Crippen molar-refractivity contribution in [3.63, 3.8) is 0 Å². The maximum atomic E-state index is 12.2. The Balaban J connectivity index is 2.20. The Morgan fingerprint density at radius 1 is 1.18 bits per heavy atom. The van der Waals surface area contributed by atoms with E-state index in [1.54, 1.807) is 23.9 Å². The van der Waals surface area contributed by atoms with Gasteiger partial charge in [-0.05, 0) is 42.2 Å². The maximum Gasteiger partial charge on any atom is 0.255 e. The number of hydrogen-bond acceptors (Lipinski definition) is 4. The third kappa shape index (κ3) is 4.33. The molecule has 2 aromatic rings. The predicted octanol–water partition coefficient (Wildman–Crippen LogP) is 2.45. The lowest BCUT2D eigenvalue weighted by atomic mass is 10.1. The van der Waals surface area contributed by atoms with Crippen LogP contribution in [-0.2, 0) is 15.8 Å². The lowest BCUT2D eigenvalue weighted by molar-refractivity contribution is 0.102. The standard InChI is InChI=1S/C15H16N2O3S2/c1-21-10-11-4-2-5-12(8-11)15(18)17-13-6-3-7-14(9-13)22(16,19)20/h2-9H,10H2,1H3,(H,17,18)(H2,16,19,20). The second kappa shape index (κ2) is 6.95. The van der Waals surface area contributed by atoms with Crippen LogP contribution in [0.15, 0.2) is 53.4 Å². The molecule has 0 radical (unpaired) electrons. The summed E-state index contributed by atoms with van der Waals surface area (Å²) in [5, 5.41) is 7.75. The van der Waals surface area contributed by atoms with Gasteiger partial charge in [-0.15, -0.1) is 0 Å². The Bertz CT molecular complexity index is 789. The van der Waals surface area contributed by atoms with Crippen LogP contribution in [-0.4, -0.2) is 20.6 Å². The van der Waals surface area contributed by atoms with Gasteiger partial charge in [0.25, 0.3) is 5.91 Å². The lowest BCUT2D eigenvalue weighted by Gasteiger charge is -2.08. The number of thioether (sulfide) groups is 1. The monoisotopic (exact) mass is 336 g/mol. The highest BCUT2D eigenvalue weighted by molar-refractivity contribution is 7.97. The van der Waals surface area contributed by atoms with E-state index < -0.39 is 10.0 Å². The summed E-state index contributed by atoms with van der Waals surface area (Å²) in [5.74, 6) is 0.525. The van der Waals surface area contributed by atoms with Crippen LogP contribution in [0, 0.1) is 0 Å². The van der Waals surface area contributed by atoms with E-state index in [1.165, 1.54) is 18.2 Å². The molecule has 0 aliphatic rings. The molecule has 0 unspecified atom stereocenters. The number of benzene rings is 2. The minimum Gasteiger partial charge on any atom is -0.322 e. The summed E-state index contributed by atoms with van der Waals surface area (Å²) in [4.78, 5) is 12.2. The van der Waals surface area contributed by atoms with E-state index in [0.29, 0.717) is 11.3 Å². The largest absolute Gasteiger partial charge is 0.322 e. The first-order chi connectivity index (χ1) is 10.4. The number of amides is 1. The van der Waals surface area contributed by atoms with Gasteiger partial charge in [-0.2, -0.15) is 11.8 Å². The number of rotatable bonds is 5. The van der Waals surface area contributed by atoms with E-state index in [0.717, 1.165) is 11.3 Å². The summed E-state index contributed by atoms with van der Waals surface area (Å²) < 4.78 is 22.6. The first-order valence-electron chi connectivity index (χ1n) is 6.42. The average molecular weight is 336 g/mol. The van der Waals surface area contributed by atoms with E-state index in [9.17, 15) is 13.2 Å². The molecule has 22 heavy (non-hydrogen) atoms. The number of nitrogens with two attached hydrogens (primary N) is 1. The molecule has 116 valence electrons. The van der Waals surface area contributed by atoms with Gasteiger partial charge in [0.1, 0.15) is 0 Å². The van der Waals surface area contributed by atoms with E-state index in [2.05, 4.69) is 5.32 Å². The van der Waals surface area contributed by atoms with Gasteiger partial charge < -0.3 is 5.32 Å². The van der Waals surface area contributed by atoms with Gasteiger partial charge in [0, 0.05) is 17.0 Å². The molecule has 2 rings (SSSR count). The summed E-state index contributed by atoms with van der Waals surface area (Å²) in [6, 6.07) is 13.1. The zero-order valence-electron chi connectivity index (χ0n) is 11.9. The minimum atomic E-state index is -3.79. The molecule has 0 saturated carbocycles. The van der Waals surface area contributed by atoms with Crippen LogP contribution in [0.2, 0.25) is 0 Å². The quantitative estimate of drug-likeness (QED) is 0.877. The first-order valence-corrected chi connectivity index (χ1v) is 9.36. The van der Waals surface area contributed by atoms with Gasteiger partial charge in [0.05, 0.1) is 4.90 Å². The molecule has 1 amide bonds. The van der Waals surface area contributed by atoms with Gasteiger partial charge >= 0.3 is 0 Å². The molecule has 0 heterocycles. The zero-order chi connectivity index (χ0) is 16.2. The number of sulfonamides is 1. The van der Waals surface area contributed by atoms with Crippen molar-refractivity contribution in [2.45, 2.75) is 10.6 Å². The van der Waals surface area contributed by atoms with Gasteiger partial charge in [0.2, 0.25) is 10.0 Å². The molecule has 5 nitrogen and oxygen atoms in total. The van der Waals surface area contributed by atoms with Gasteiger partial charge in [-0.3, -0.25) is 4.79 Å². The van der Waals surface area contributed by atoms with Crippen molar-refractivity contribution < 1.29 is 13.2 Å². The first kappa shape index (κ1) is 16.5. The number of anilines is 1. The van der Waals surface area contributed by atoms with Crippen molar-refractivity contribution in [3.8, 4) is 0 Å². The number of nitrogens with one attached hydrogen (secondary N) is 1. The predicted molar refractivity (Wildman–Crippen MR) is 89.4 cm³/mol. The Morgan fingerprint density at radius 2 is 1.91 bits per heavy atom. The van der Waals surface area contributed by atoms with Crippen molar-refractivity contribution in [2.24, 2.45) is 5.14 Å². The van der Waals surface area contributed by atoms with Crippen LogP contribution in [0.25, 0.3) is 0 Å². The summed E-state index contributed by atoms with van der Waals surface area (Å²) >= 11 is 1.67. The Labute approximate surface area is 134 Å². The number of hydrogen-bond donors (Lipinski definition) is 2. The topological polar surface area (TPSA) is 89.3 Å². The molecule has 0 spiro atoms. The fourth-order valence-electron chi connectivity index (χ4n) is 1.92. The normalized spacial score (nSPS) is 11.2. The van der Waals surface area contributed by atoms with E-state index in [-0.39, 0.29) is 10.8 Å². The molecule has 3 N–H and O–H groups in total. The molecular formula is C15H16N2O3S2. The molecule has 0 atom stereocenters. The molecule has 0 bridgehead atoms. The highest BCUT2D eigenvalue weighted by atomic mass is 32.2. The molecule has 0 aromatic heterocycles. The van der Waals surface area contributed by atoms with E-state index >= 15 is 0 Å². The summed E-state index contributed by atoms with van der Waals surface area (Å²) in [5.41, 5.74) is 1.96. The zero-order valence-corrected chi connectivity index (χ0v) is 13.6. The SMILES string of the molecule is CSCc1cccc(C(=O)Nc2cccc(S(N)(=O)=O)c2)c1. The van der Waals surface area contributed by atoms with Crippen LogP contribution in [0.3, 0.4) is 0 Å². The molecule has 2 aromatic carbocycles. The fraction of sp³-hybridized carbons (Fsp3) is 0.133. The van der Waals surface area contributed by atoms with Gasteiger partial charge in [-0.1, -0.05) is 18.2 Å². The smallest absolute Gasteiger partial charge is 0.255 e. The van der Waals surface area contributed by atoms with Crippen LogP contribution < -0.4 is 10.5 Å². The molecule has 0 fully saturated rings. The number of primary sulfonamides is 1. The summed E-state index contributed by atoms with van der Waals surface area (Å²) in [7, 11) is -3.79. The maximum absolute atomic E-state index is 12.2. The summed E-state index contributed by atoms with van der Waals surface area (Å²) in [6.07, 6.45) is 1.99. The van der Waals surface area contributed by atoms with Gasteiger partial charge in [-0.25, -0.2) is 13.6 Å². The molecule has 0 saturated heterocycles. The Hall–Kier alpha value is -1.83. The van der Waals surface area contributed by atoms with Crippen LogP contribution in [0.5, 0.6) is 0 Å². The molecule has 0 aliphatic heterocycles. The van der Waals surface area contributed by atoms with Crippen molar-refractivity contribution >= 4 is 33.4 Å². The van der Waals surface area contributed by atoms with Gasteiger partial charge in [0.15, 0.2) is 0 Å². The molecule has 0 aliphatic carbocycles. The second-order valence-corrected chi connectivity index (χ2v) is 7.09. The molecular weight excluding hydrogens is 320 g/mol. The van der Waals surface area contributed by atoms with E-state index in [4.69, 9.17) is 5.14 Å². The lowest BCUT2D eigenvalue weighted by Crippen LogP contribution is -2.15. The molecule has 7 heteroatoms. The Morgan fingerprint density at radius 3 is 2.59 bits per heavy atom. The van der Waals surface area contributed by atoms with Crippen LogP contribution in [0.4, 0.5) is 5.69 Å². The van der Waals surface area contributed by atoms with Crippen molar-refractivity contribution in [1.29, 1.82) is 0 Å².